The molecule has 0 atom stereocenters. The van der Waals surface area contributed by atoms with E-state index in [-0.39, 0.29) is 11.7 Å². The molecule has 0 fully saturated rings. The van der Waals surface area contributed by atoms with E-state index in [1.807, 2.05) is 66.6 Å². The number of amides is 1. The Labute approximate surface area is 203 Å². The number of nitrogens with zero attached hydrogens (tertiary/aromatic N) is 3. The monoisotopic (exact) mass is 498 g/mol. The van der Waals surface area contributed by atoms with E-state index in [1.54, 1.807) is 11.3 Å². The highest BCUT2D eigenvalue weighted by Gasteiger charge is 2.23. The molecular formula is C23H22N4O3S3. The molecule has 170 valence electrons. The van der Waals surface area contributed by atoms with E-state index >= 15 is 0 Å². The summed E-state index contributed by atoms with van der Waals surface area (Å²) >= 11 is 4.19. The van der Waals surface area contributed by atoms with Gasteiger partial charge in [0.1, 0.15) is 10.6 Å². The molecule has 4 rings (SSSR count). The number of rotatable bonds is 7. The number of carbonyl (C=O) groups excluding carboxylic acids is 2. The molecule has 0 saturated carbocycles. The summed E-state index contributed by atoms with van der Waals surface area (Å²) in [5, 5.41) is 16.3. The van der Waals surface area contributed by atoms with E-state index in [0.717, 1.165) is 33.0 Å². The second-order valence-electron chi connectivity index (χ2n) is 7.34. The van der Waals surface area contributed by atoms with Crippen molar-refractivity contribution >= 4 is 51.3 Å². The van der Waals surface area contributed by atoms with Gasteiger partial charge in [0, 0.05) is 18.0 Å². The molecular weight excluding hydrogens is 476 g/mol. The van der Waals surface area contributed by atoms with Crippen LogP contribution in [0.3, 0.4) is 0 Å². The Bertz CT molecular complexity index is 1310. The molecule has 3 heterocycles. The summed E-state index contributed by atoms with van der Waals surface area (Å²) < 4.78 is 6.89. The standard InChI is InChI=1S/C23H22N4O3S3/c1-13-7-8-14(2)15(10-13)16-11-32-21(19(16)22(29)30-4)24-18(28)12-33-23-26-25-20(27(23)3)17-6-5-9-31-17/h5-11H,12H2,1-4H3,(H,24,28). The number of hydrogen-bond donors (Lipinski definition) is 1. The molecule has 0 saturated heterocycles. The van der Waals surface area contributed by atoms with Gasteiger partial charge in [-0.15, -0.1) is 32.9 Å². The van der Waals surface area contributed by atoms with Crippen LogP contribution in [-0.4, -0.2) is 39.5 Å². The first-order chi connectivity index (χ1) is 15.9. The number of ether oxygens (including phenoxy) is 1. The van der Waals surface area contributed by atoms with E-state index in [1.165, 1.54) is 30.2 Å². The van der Waals surface area contributed by atoms with E-state index in [4.69, 9.17) is 4.74 Å². The predicted molar refractivity (Wildman–Crippen MR) is 134 cm³/mol. The lowest BCUT2D eigenvalue weighted by atomic mass is 9.97. The Hall–Kier alpha value is -2.95. The topological polar surface area (TPSA) is 86.1 Å². The minimum atomic E-state index is -0.482. The maximum Gasteiger partial charge on any atom is 0.341 e. The van der Waals surface area contributed by atoms with Crippen LogP contribution in [0, 0.1) is 13.8 Å². The summed E-state index contributed by atoms with van der Waals surface area (Å²) in [7, 11) is 3.22. The Morgan fingerprint density at radius 3 is 2.70 bits per heavy atom. The van der Waals surface area contributed by atoms with E-state index in [2.05, 4.69) is 15.5 Å². The first-order valence-electron chi connectivity index (χ1n) is 10.0. The van der Waals surface area contributed by atoms with Crippen molar-refractivity contribution in [3.05, 3.63) is 57.8 Å². The molecule has 0 bridgehead atoms. The lowest BCUT2D eigenvalue weighted by Gasteiger charge is -2.10. The number of methoxy groups -OCH3 is 1. The second-order valence-corrected chi connectivity index (χ2v) is 10.1. The van der Waals surface area contributed by atoms with Gasteiger partial charge in [0.15, 0.2) is 11.0 Å². The lowest BCUT2D eigenvalue weighted by Crippen LogP contribution is -2.16. The van der Waals surface area contributed by atoms with Gasteiger partial charge in [-0.2, -0.15) is 0 Å². The molecule has 0 unspecified atom stereocenters. The van der Waals surface area contributed by atoms with Crippen molar-refractivity contribution in [2.45, 2.75) is 19.0 Å². The number of nitrogens with one attached hydrogen (secondary N) is 1. The molecule has 10 heteroatoms. The molecule has 3 aromatic heterocycles. The molecule has 0 aliphatic heterocycles. The molecule has 7 nitrogen and oxygen atoms in total. The normalized spacial score (nSPS) is 10.9. The van der Waals surface area contributed by atoms with Crippen molar-refractivity contribution in [3.8, 4) is 21.8 Å². The van der Waals surface area contributed by atoms with Crippen LogP contribution in [0.25, 0.3) is 21.8 Å². The van der Waals surface area contributed by atoms with Crippen molar-refractivity contribution in [2.75, 3.05) is 18.2 Å². The summed E-state index contributed by atoms with van der Waals surface area (Å²) in [6, 6.07) is 10.0. The number of esters is 1. The molecule has 1 amide bonds. The van der Waals surface area contributed by atoms with Gasteiger partial charge in [-0.05, 0) is 36.4 Å². The van der Waals surface area contributed by atoms with E-state index in [0.29, 0.717) is 15.7 Å². The molecule has 1 N–H and O–H groups in total. The molecule has 0 aliphatic carbocycles. The van der Waals surface area contributed by atoms with Crippen LogP contribution in [0.5, 0.6) is 0 Å². The highest BCUT2D eigenvalue weighted by atomic mass is 32.2. The fraction of sp³-hybridized carbons (Fsp3) is 0.217. The van der Waals surface area contributed by atoms with Crippen molar-refractivity contribution < 1.29 is 14.3 Å². The number of anilines is 1. The van der Waals surface area contributed by atoms with Gasteiger partial charge >= 0.3 is 5.97 Å². The molecule has 33 heavy (non-hydrogen) atoms. The third-order valence-electron chi connectivity index (χ3n) is 5.03. The minimum Gasteiger partial charge on any atom is -0.465 e. The molecule has 0 spiro atoms. The maximum atomic E-state index is 12.7. The Morgan fingerprint density at radius 2 is 1.97 bits per heavy atom. The van der Waals surface area contributed by atoms with Crippen LogP contribution in [0.4, 0.5) is 5.00 Å². The molecule has 0 radical (unpaired) electrons. The van der Waals surface area contributed by atoms with Crippen molar-refractivity contribution in [2.24, 2.45) is 7.05 Å². The smallest absolute Gasteiger partial charge is 0.341 e. The Balaban J connectivity index is 1.52. The third-order valence-corrected chi connectivity index (χ3v) is 7.81. The zero-order chi connectivity index (χ0) is 23.5. The number of carbonyl (C=O) groups is 2. The number of thioether (sulfide) groups is 1. The molecule has 0 aliphatic rings. The number of aryl methyl sites for hydroxylation is 2. The number of benzene rings is 1. The van der Waals surface area contributed by atoms with Crippen molar-refractivity contribution in [1.29, 1.82) is 0 Å². The Kier molecular flexibility index (Phi) is 6.96. The zero-order valence-corrected chi connectivity index (χ0v) is 21.0. The SMILES string of the molecule is COC(=O)c1c(-c2cc(C)ccc2C)csc1NC(=O)CSc1nnc(-c2cccs2)n1C. The van der Waals surface area contributed by atoms with Gasteiger partial charge in [0.05, 0.1) is 17.7 Å². The number of aromatic nitrogens is 3. The van der Waals surface area contributed by atoms with Crippen LogP contribution in [0.15, 0.2) is 46.2 Å². The number of hydrogen-bond acceptors (Lipinski definition) is 8. The first-order valence-corrected chi connectivity index (χ1v) is 12.8. The fourth-order valence-electron chi connectivity index (χ4n) is 3.33. The van der Waals surface area contributed by atoms with Crippen LogP contribution in [0.2, 0.25) is 0 Å². The van der Waals surface area contributed by atoms with Crippen molar-refractivity contribution in [1.82, 2.24) is 14.8 Å². The van der Waals surface area contributed by atoms with Gasteiger partial charge in [0.2, 0.25) is 5.91 Å². The summed E-state index contributed by atoms with van der Waals surface area (Å²) in [6.45, 7) is 4.00. The van der Waals surface area contributed by atoms with Gasteiger partial charge in [-0.25, -0.2) is 4.79 Å². The summed E-state index contributed by atoms with van der Waals surface area (Å²) in [5.41, 5.74) is 4.20. The van der Waals surface area contributed by atoms with Crippen molar-refractivity contribution in [3.63, 3.8) is 0 Å². The molecule has 1 aromatic carbocycles. The average molecular weight is 499 g/mol. The van der Waals surface area contributed by atoms with Gasteiger partial charge in [0.25, 0.3) is 0 Å². The van der Waals surface area contributed by atoms with Crippen LogP contribution in [-0.2, 0) is 16.6 Å². The van der Waals surface area contributed by atoms with Gasteiger partial charge in [-0.1, -0.05) is 41.6 Å². The van der Waals surface area contributed by atoms with Gasteiger partial charge in [-0.3, -0.25) is 4.79 Å². The quantitative estimate of drug-likeness (QED) is 0.271. The summed E-state index contributed by atoms with van der Waals surface area (Å²) in [5.74, 6) is 0.176. The summed E-state index contributed by atoms with van der Waals surface area (Å²) in [6.07, 6.45) is 0. The van der Waals surface area contributed by atoms with Crippen LogP contribution >= 0.6 is 34.4 Å². The largest absolute Gasteiger partial charge is 0.465 e. The molecule has 4 aromatic rings. The fourth-order valence-corrected chi connectivity index (χ4v) is 5.75. The predicted octanol–water partition coefficient (Wildman–Crippen LogP) is 5.41. The van der Waals surface area contributed by atoms with E-state index in [9.17, 15) is 9.59 Å². The Morgan fingerprint density at radius 1 is 1.15 bits per heavy atom. The minimum absolute atomic E-state index is 0.133. The summed E-state index contributed by atoms with van der Waals surface area (Å²) in [4.78, 5) is 26.4. The number of thiophene rings is 2. The highest BCUT2D eigenvalue weighted by molar-refractivity contribution is 7.99. The third kappa shape index (κ3) is 4.87. The first kappa shape index (κ1) is 23.2. The van der Waals surface area contributed by atoms with Gasteiger partial charge < -0.3 is 14.6 Å². The van der Waals surface area contributed by atoms with E-state index < -0.39 is 5.97 Å². The zero-order valence-electron chi connectivity index (χ0n) is 18.5. The van der Waals surface area contributed by atoms with Crippen LogP contribution < -0.4 is 5.32 Å². The maximum absolute atomic E-state index is 12.7. The van der Waals surface area contributed by atoms with Crippen LogP contribution in [0.1, 0.15) is 21.5 Å². The highest BCUT2D eigenvalue weighted by Crippen LogP contribution is 2.38. The average Bonchev–Trinajstić information content (AvgIpc) is 3.54. The second kappa shape index (κ2) is 9.90. The lowest BCUT2D eigenvalue weighted by molar-refractivity contribution is -0.113.